The minimum atomic E-state index is -4.01. The van der Waals surface area contributed by atoms with Crippen molar-refractivity contribution in [2.75, 3.05) is 5.75 Å². The van der Waals surface area contributed by atoms with E-state index in [0.29, 0.717) is 5.56 Å². The molecule has 0 saturated carbocycles. The van der Waals surface area contributed by atoms with E-state index in [2.05, 4.69) is 20.3 Å². The third-order valence-corrected chi connectivity index (χ3v) is 6.46. The number of halogens is 1. The molecular formula is C18H12BrNO5S2. The van der Waals surface area contributed by atoms with Gasteiger partial charge in [0.05, 0.1) is 21.3 Å². The summed E-state index contributed by atoms with van der Waals surface area (Å²) in [4.78, 5) is 23.5. The quantitative estimate of drug-likeness (QED) is 0.724. The summed E-state index contributed by atoms with van der Waals surface area (Å²) < 4.78 is 30.0. The lowest BCUT2D eigenvalue weighted by Crippen LogP contribution is -2.18. The molecule has 0 fully saturated rings. The number of ketones is 1. The van der Waals surface area contributed by atoms with Crippen LogP contribution in [-0.4, -0.2) is 36.7 Å². The van der Waals surface area contributed by atoms with Gasteiger partial charge in [-0.15, -0.1) is 11.8 Å². The number of carboxylic acid groups (broad SMARTS) is 1. The molecule has 0 amide bonds. The maximum atomic E-state index is 12.7. The van der Waals surface area contributed by atoms with Gasteiger partial charge in [-0.2, -0.15) is 12.8 Å². The molecule has 138 valence electrons. The summed E-state index contributed by atoms with van der Waals surface area (Å²) in [5, 5.41) is 8.86. The maximum absolute atomic E-state index is 12.7. The summed E-state index contributed by atoms with van der Waals surface area (Å²) in [6, 6.07) is 12.5. The van der Waals surface area contributed by atoms with Gasteiger partial charge in [0.25, 0.3) is 10.0 Å². The number of hydrogen-bond donors (Lipinski definition) is 1. The highest BCUT2D eigenvalue weighted by Crippen LogP contribution is 2.29. The molecule has 0 unspecified atom stereocenters. The lowest BCUT2D eigenvalue weighted by Gasteiger charge is -2.16. The highest BCUT2D eigenvalue weighted by molar-refractivity contribution is 9.10. The number of thioether (sulfide) groups is 1. The monoisotopic (exact) mass is 465 g/mol. The first-order chi connectivity index (χ1) is 12.8. The van der Waals surface area contributed by atoms with Crippen molar-refractivity contribution in [3.8, 4) is 0 Å². The molecular weight excluding hydrogens is 454 g/mol. The zero-order valence-corrected chi connectivity index (χ0v) is 16.8. The number of carbonyl (C=O) groups excluding carboxylic acids is 1. The first-order valence-electron chi connectivity index (χ1n) is 7.59. The Hall–Kier alpha value is -2.23. The van der Waals surface area contributed by atoms with Crippen LogP contribution in [0.25, 0.3) is 0 Å². The Morgan fingerprint density at radius 2 is 1.70 bits per heavy atom. The summed E-state index contributed by atoms with van der Waals surface area (Å²) in [6.45, 7) is 0. The van der Waals surface area contributed by atoms with E-state index >= 15 is 0 Å². The summed E-state index contributed by atoms with van der Waals surface area (Å²) in [5.41, 5.74) is 0.779. The number of nitrogens with zero attached hydrogens (tertiary/aromatic N) is 1. The lowest BCUT2D eigenvalue weighted by molar-refractivity contribution is -0.133. The molecule has 1 aliphatic carbocycles. The van der Waals surface area contributed by atoms with Gasteiger partial charge in [0.2, 0.25) is 0 Å². The van der Waals surface area contributed by atoms with Crippen LogP contribution in [0.1, 0.15) is 15.9 Å². The minimum Gasteiger partial charge on any atom is -0.481 e. The maximum Gasteiger partial charge on any atom is 0.313 e. The van der Waals surface area contributed by atoms with Gasteiger partial charge in [-0.25, -0.2) is 0 Å². The molecule has 0 radical (unpaired) electrons. The van der Waals surface area contributed by atoms with Gasteiger partial charge in [0.1, 0.15) is 0 Å². The molecule has 6 nitrogen and oxygen atoms in total. The molecule has 0 aromatic heterocycles. The standard InChI is InChI=1S/C18H12BrNO5S2/c19-11-5-7-12(8-6-11)27(24,25)20-15-9-16(26-10-17(21)22)18(23)14-4-2-1-3-13(14)15/h1-9H,10H2,(H,21,22)/b20-15+. The molecule has 0 bridgehead atoms. The summed E-state index contributed by atoms with van der Waals surface area (Å²) in [7, 11) is -4.01. The van der Waals surface area contributed by atoms with Crippen molar-refractivity contribution in [1.82, 2.24) is 0 Å². The fraction of sp³-hybridized carbons (Fsp3) is 0.0556. The van der Waals surface area contributed by atoms with Gasteiger partial charge in [0, 0.05) is 15.6 Å². The fourth-order valence-electron chi connectivity index (χ4n) is 2.42. The zero-order valence-electron chi connectivity index (χ0n) is 13.6. The van der Waals surface area contributed by atoms with E-state index < -0.39 is 16.0 Å². The van der Waals surface area contributed by atoms with E-state index in [1.165, 1.54) is 18.2 Å². The molecule has 1 aliphatic rings. The second-order valence-electron chi connectivity index (χ2n) is 5.47. The van der Waals surface area contributed by atoms with E-state index in [4.69, 9.17) is 5.11 Å². The molecule has 0 atom stereocenters. The average Bonchev–Trinajstić information content (AvgIpc) is 2.63. The van der Waals surface area contributed by atoms with Gasteiger partial charge >= 0.3 is 5.97 Å². The molecule has 3 rings (SSSR count). The van der Waals surface area contributed by atoms with Crippen molar-refractivity contribution >= 4 is 55.2 Å². The van der Waals surface area contributed by atoms with Crippen molar-refractivity contribution in [3.05, 3.63) is 75.1 Å². The van der Waals surface area contributed by atoms with Crippen LogP contribution in [0.4, 0.5) is 0 Å². The molecule has 0 heterocycles. The molecule has 1 N–H and O–H groups in total. The molecule has 0 spiro atoms. The van der Waals surface area contributed by atoms with Crippen molar-refractivity contribution in [2.24, 2.45) is 4.40 Å². The number of hydrogen-bond acceptors (Lipinski definition) is 5. The lowest BCUT2D eigenvalue weighted by atomic mass is 9.94. The molecule has 0 aliphatic heterocycles. The normalized spacial score (nSPS) is 15.4. The van der Waals surface area contributed by atoms with Crippen LogP contribution in [0.3, 0.4) is 0 Å². The second kappa shape index (κ2) is 7.79. The Morgan fingerprint density at radius 3 is 2.33 bits per heavy atom. The zero-order chi connectivity index (χ0) is 19.6. The Labute approximate surface area is 168 Å². The Balaban J connectivity index is 2.10. The van der Waals surface area contributed by atoms with Crippen LogP contribution in [0.5, 0.6) is 0 Å². The van der Waals surface area contributed by atoms with Crippen LogP contribution < -0.4 is 0 Å². The number of carbonyl (C=O) groups is 2. The number of carboxylic acids is 1. The topological polar surface area (TPSA) is 101 Å². The third kappa shape index (κ3) is 4.37. The SMILES string of the molecule is O=C(O)CSC1=C/C(=N\S(=O)(=O)c2ccc(Br)cc2)c2ccccc2C1=O. The number of Topliss-reactive ketones (excluding diaryl/α,β-unsaturated/α-hetero) is 1. The minimum absolute atomic E-state index is 0.0146. The van der Waals surface area contributed by atoms with Gasteiger partial charge < -0.3 is 5.11 Å². The van der Waals surface area contributed by atoms with Crippen molar-refractivity contribution in [3.63, 3.8) is 0 Å². The van der Waals surface area contributed by atoms with Crippen molar-refractivity contribution in [2.45, 2.75) is 4.90 Å². The average molecular weight is 466 g/mol. The highest BCUT2D eigenvalue weighted by Gasteiger charge is 2.26. The van der Waals surface area contributed by atoms with Gasteiger partial charge in [-0.3, -0.25) is 9.59 Å². The molecule has 27 heavy (non-hydrogen) atoms. The first kappa shape index (κ1) is 19.5. The largest absolute Gasteiger partial charge is 0.481 e. The Morgan fingerprint density at radius 1 is 1.07 bits per heavy atom. The van der Waals surface area contributed by atoms with E-state index in [9.17, 15) is 18.0 Å². The van der Waals surface area contributed by atoms with Crippen molar-refractivity contribution < 1.29 is 23.1 Å². The van der Waals surface area contributed by atoms with Crippen LogP contribution >= 0.6 is 27.7 Å². The van der Waals surface area contributed by atoms with Gasteiger partial charge in [0.15, 0.2) is 5.78 Å². The summed E-state index contributed by atoms with van der Waals surface area (Å²) in [5.74, 6) is -1.74. The molecule has 0 saturated heterocycles. The number of aliphatic carboxylic acids is 1. The summed E-state index contributed by atoms with van der Waals surface area (Å²) in [6.07, 6.45) is 1.33. The van der Waals surface area contributed by atoms with Crippen LogP contribution in [-0.2, 0) is 14.8 Å². The van der Waals surface area contributed by atoms with Crippen LogP contribution in [0.15, 0.2) is 73.3 Å². The van der Waals surface area contributed by atoms with E-state index in [0.717, 1.165) is 16.2 Å². The number of sulfonamides is 1. The van der Waals surface area contributed by atoms with Crippen LogP contribution in [0.2, 0.25) is 0 Å². The number of rotatable bonds is 5. The van der Waals surface area contributed by atoms with Gasteiger partial charge in [-0.05, 0) is 30.3 Å². The molecule has 9 heteroatoms. The number of fused-ring (bicyclic) bond motifs is 1. The molecule has 2 aromatic rings. The van der Waals surface area contributed by atoms with E-state index in [1.807, 2.05) is 0 Å². The Kier molecular flexibility index (Phi) is 5.64. The van der Waals surface area contributed by atoms with E-state index in [-0.39, 0.29) is 32.6 Å². The van der Waals surface area contributed by atoms with Crippen molar-refractivity contribution in [1.29, 1.82) is 0 Å². The summed E-state index contributed by atoms with van der Waals surface area (Å²) >= 11 is 4.08. The first-order valence-corrected chi connectivity index (χ1v) is 10.8. The third-order valence-electron chi connectivity index (χ3n) is 3.62. The predicted octanol–water partition coefficient (Wildman–Crippen LogP) is 3.53. The molecule has 2 aromatic carbocycles. The fourth-order valence-corrected chi connectivity index (χ4v) is 4.39. The predicted molar refractivity (Wildman–Crippen MR) is 107 cm³/mol. The smallest absolute Gasteiger partial charge is 0.313 e. The number of benzene rings is 2. The second-order valence-corrected chi connectivity index (χ2v) is 9.01. The number of allylic oxidation sites excluding steroid dienone is 2. The van der Waals surface area contributed by atoms with E-state index in [1.54, 1.807) is 36.4 Å². The highest BCUT2D eigenvalue weighted by atomic mass is 79.9. The van der Waals surface area contributed by atoms with Gasteiger partial charge in [-0.1, -0.05) is 40.2 Å². The Bertz CT molecular complexity index is 1090. The van der Waals surface area contributed by atoms with Crippen LogP contribution in [0, 0.1) is 0 Å².